The highest BCUT2D eigenvalue weighted by atomic mass is 35.5. The molecule has 1 saturated heterocycles. The molecule has 0 spiro atoms. The van der Waals surface area contributed by atoms with Crippen molar-refractivity contribution < 1.29 is 5.11 Å². The van der Waals surface area contributed by atoms with Crippen LogP contribution in [-0.4, -0.2) is 46.4 Å². The zero-order valence-electron chi connectivity index (χ0n) is 9.85. The van der Waals surface area contributed by atoms with Gasteiger partial charge in [0.25, 0.3) is 0 Å². The molecular weight excluding hydrogens is 238 g/mol. The van der Waals surface area contributed by atoms with Crippen molar-refractivity contribution in [1.29, 1.82) is 0 Å². The van der Waals surface area contributed by atoms with E-state index in [9.17, 15) is 0 Å². The fourth-order valence-electron chi connectivity index (χ4n) is 2.41. The van der Waals surface area contributed by atoms with E-state index in [1.807, 2.05) is 6.07 Å². The molecule has 0 amide bonds. The van der Waals surface area contributed by atoms with E-state index in [2.05, 4.69) is 15.1 Å². The number of halogens is 1. The number of aromatic nitrogens is 2. The van der Waals surface area contributed by atoms with E-state index >= 15 is 0 Å². The van der Waals surface area contributed by atoms with Gasteiger partial charge in [0, 0.05) is 13.1 Å². The molecule has 0 saturated carbocycles. The van der Waals surface area contributed by atoms with Crippen molar-refractivity contribution in [3.8, 4) is 0 Å². The third-order valence-electron chi connectivity index (χ3n) is 3.20. The van der Waals surface area contributed by atoms with Crippen molar-refractivity contribution in [2.75, 3.05) is 26.2 Å². The largest absolute Gasteiger partial charge is 0.395 e. The van der Waals surface area contributed by atoms with Crippen molar-refractivity contribution in [3.05, 3.63) is 23.0 Å². The van der Waals surface area contributed by atoms with Crippen LogP contribution in [0.2, 0.25) is 5.15 Å². The number of aliphatic hydroxyl groups is 1. The smallest absolute Gasteiger partial charge is 0.151 e. The fraction of sp³-hybridized carbons (Fsp3) is 0.667. The lowest BCUT2D eigenvalue weighted by atomic mass is 9.93. The van der Waals surface area contributed by atoms with Crippen molar-refractivity contribution in [2.24, 2.45) is 5.92 Å². The standard InChI is InChI=1S/C12H18ClN3O/c13-12-4-3-11(14-15-12)8-10-2-1-5-16(9-10)6-7-17/h3-4,10,17H,1-2,5-9H2/t10-/m1/s1. The molecule has 2 rings (SSSR count). The van der Waals surface area contributed by atoms with Crippen molar-refractivity contribution in [3.63, 3.8) is 0 Å². The molecule has 17 heavy (non-hydrogen) atoms. The summed E-state index contributed by atoms with van der Waals surface area (Å²) in [7, 11) is 0. The Morgan fingerprint density at radius 1 is 1.41 bits per heavy atom. The van der Waals surface area contributed by atoms with Gasteiger partial charge in [0.15, 0.2) is 5.15 Å². The molecule has 5 heteroatoms. The highest BCUT2D eigenvalue weighted by Gasteiger charge is 2.20. The Balaban J connectivity index is 1.87. The number of rotatable bonds is 4. The van der Waals surface area contributed by atoms with E-state index in [1.165, 1.54) is 12.8 Å². The Morgan fingerprint density at radius 3 is 3.00 bits per heavy atom. The summed E-state index contributed by atoms with van der Waals surface area (Å²) in [5.41, 5.74) is 1.00. The van der Waals surface area contributed by atoms with Crippen LogP contribution in [0.5, 0.6) is 0 Å². The fourth-order valence-corrected chi connectivity index (χ4v) is 2.51. The second kappa shape index (κ2) is 6.28. The van der Waals surface area contributed by atoms with Crippen LogP contribution >= 0.6 is 11.6 Å². The number of β-amino-alcohol motifs (C(OH)–C–C–N with tert-alkyl or cyclic N) is 1. The zero-order chi connectivity index (χ0) is 12.1. The summed E-state index contributed by atoms with van der Waals surface area (Å²) in [5, 5.41) is 17.3. The molecule has 94 valence electrons. The molecule has 0 aromatic carbocycles. The number of nitrogens with zero attached hydrogens (tertiary/aromatic N) is 3. The minimum Gasteiger partial charge on any atom is -0.395 e. The molecule has 2 heterocycles. The van der Waals surface area contributed by atoms with E-state index in [4.69, 9.17) is 16.7 Å². The zero-order valence-corrected chi connectivity index (χ0v) is 10.6. The van der Waals surface area contributed by atoms with Gasteiger partial charge in [0.05, 0.1) is 12.3 Å². The highest BCUT2D eigenvalue weighted by molar-refractivity contribution is 6.29. The summed E-state index contributed by atoms with van der Waals surface area (Å²) in [6.45, 7) is 3.17. The maximum Gasteiger partial charge on any atom is 0.151 e. The quantitative estimate of drug-likeness (QED) is 0.883. The Kier molecular flexibility index (Phi) is 4.71. The number of hydrogen-bond donors (Lipinski definition) is 1. The number of piperidine rings is 1. The van der Waals surface area contributed by atoms with Gasteiger partial charge < -0.3 is 10.0 Å². The molecule has 1 N–H and O–H groups in total. The average Bonchev–Trinajstić information content (AvgIpc) is 2.33. The van der Waals surface area contributed by atoms with Gasteiger partial charge in [0.2, 0.25) is 0 Å². The molecule has 1 atom stereocenters. The van der Waals surface area contributed by atoms with Crippen molar-refractivity contribution in [1.82, 2.24) is 15.1 Å². The lowest BCUT2D eigenvalue weighted by molar-refractivity contribution is 0.139. The van der Waals surface area contributed by atoms with Crippen LogP contribution in [0.3, 0.4) is 0 Å². The van der Waals surface area contributed by atoms with Crippen LogP contribution in [-0.2, 0) is 6.42 Å². The minimum atomic E-state index is 0.244. The van der Waals surface area contributed by atoms with Gasteiger partial charge in [-0.25, -0.2) is 0 Å². The minimum absolute atomic E-state index is 0.244. The molecule has 1 aromatic heterocycles. The summed E-state index contributed by atoms with van der Waals surface area (Å²) in [6, 6.07) is 3.73. The first-order valence-corrected chi connectivity index (χ1v) is 6.47. The maximum absolute atomic E-state index is 8.95. The van der Waals surface area contributed by atoms with Crippen molar-refractivity contribution in [2.45, 2.75) is 19.3 Å². The summed E-state index contributed by atoms with van der Waals surface area (Å²) < 4.78 is 0. The Bertz CT molecular complexity index is 342. The SMILES string of the molecule is OCCN1CCC[C@H](Cc2ccc(Cl)nn2)C1. The molecule has 1 aromatic rings. The van der Waals surface area contributed by atoms with Gasteiger partial charge in [-0.1, -0.05) is 11.6 Å². The summed E-state index contributed by atoms with van der Waals surface area (Å²) in [6.07, 6.45) is 3.38. The van der Waals surface area contributed by atoms with Gasteiger partial charge in [-0.3, -0.25) is 0 Å². The molecule has 1 aliphatic rings. The van der Waals surface area contributed by atoms with Crippen LogP contribution in [0.15, 0.2) is 12.1 Å². The van der Waals surface area contributed by atoms with Crippen LogP contribution < -0.4 is 0 Å². The molecule has 1 aliphatic heterocycles. The molecule has 4 nitrogen and oxygen atoms in total. The lowest BCUT2D eigenvalue weighted by Crippen LogP contribution is -2.38. The second-order valence-electron chi connectivity index (χ2n) is 4.58. The molecule has 0 bridgehead atoms. The van der Waals surface area contributed by atoms with Gasteiger partial charge in [-0.05, 0) is 43.9 Å². The van der Waals surface area contributed by atoms with Gasteiger partial charge >= 0.3 is 0 Å². The summed E-state index contributed by atoms with van der Waals surface area (Å²) >= 11 is 5.71. The first-order valence-electron chi connectivity index (χ1n) is 6.09. The molecule has 0 unspecified atom stereocenters. The van der Waals surface area contributed by atoms with E-state index in [0.29, 0.717) is 11.1 Å². The van der Waals surface area contributed by atoms with E-state index < -0.39 is 0 Å². The van der Waals surface area contributed by atoms with E-state index in [1.54, 1.807) is 6.07 Å². The first-order chi connectivity index (χ1) is 8.28. The molecule has 0 aliphatic carbocycles. The predicted octanol–water partition coefficient (Wildman–Crippen LogP) is 1.38. The normalized spacial score (nSPS) is 21.6. The molecule has 0 radical (unpaired) electrons. The topological polar surface area (TPSA) is 49.2 Å². The Hall–Kier alpha value is -0.710. The van der Waals surface area contributed by atoms with Crippen molar-refractivity contribution >= 4 is 11.6 Å². The Morgan fingerprint density at radius 2 is 2.29 bits per heavy atom. The monoisotopic (exact) mass is 255 g/mol. The lowest BCUT2D eigenvalue weighted by Gasteiger charge is -2.32. The van der Waals surface area contributed by atoms with Crippen LogP contribution in [0.1, 0.15) is 18.5 Å². The van der Waals surface area contributed by atoms with E-state index in [-0.39, 0.29) is 6.61 Å². The van der Waals surface area contributed by atoms with Gasteiger partial charge in [-0.15, -0.1) is 5.10 Å². The highest BCUT2D eigenvalue weighted by Crippen LogP contribution is 2.19. The third kappa shape index (κ3) is 3.91. The van der Waals surface area contributed by atoms with Gasteiger partial charge in [-0.2, -0.15) is 5.10 Å². The summed E-state index contributed by atoms with van der Waals surface area (Å²) in [4.78, 5) is 2.32. The molecule has 1 fully saturated rings. The third-order valence-corrected chi connectivity index (χ3v) is 3.41. The van der Waals surface area contributed by atoms with Gasteiger partial charge in [0.1, 0.15) is 0 Å². The van der Waals surface area contributed by atoms with Crippen LogP contribution in [0.25, 0.3) is 0 Å². The van der Waals surface area contributed by atoms with Crippen LogP contribution in [0.4, 0.5) is 0 Å². The number of aliphatic hydroxyl groups excluding tert-OH is 1. The summed E-state index contributed by atoms with van der Waals surface area (Å²) in [5.74, 6) is 0.616. The first kappa shape index (κ1) is 12.7. The second-order valence-corrected chi connectivity index (χ2v) is 4.97. The molecular formula is C12H18ClN3O. The average molecular weight is 256 g/mol. The predicted molar refractivity (Wildman–Crippen MR) is 67.0 cm³/mol. The van der Waals surface area contributed by atoms with Crippen LogP contribution in [0, 0.1) is 5.92 Å². The number of hydrogen-bond acceptors (Lipinski definition) is 4. The Labute approximate surface area is 107 Å². The van der Waals surface area contributed by atoms with E-state index in [0.717, 1.165) is 31.7 Å². The maximum atomic E-state index is 8.95. The number of likely N-dealkylation sites (tertiary alicyclic amines) is 1.